The number of hydrogen-bond donors (Lipinski definition) is 0. The molecule has 0 saturated carbocycles. The minimum absolute atomic E-state index is 0.106. The minimum atomic E-state index is -0.106. The van der Waals surface area contributed by atoms with Crippen LogP contribution in [0.1, 0.15) is 86.1 Å². The average molecular weight is 669 g/mol. The molecule has 0 aliphatic carbocycles. The molecule has 0 saturated heterocycles. The van der Waals surface area contributed by atoms with Crippen LogP contribution >= 0.6 is 0 Å². The van der Waals surface area contributed by atoms with E-state index in [1.807, 2.05) is 60.7 Å². The Labute approximate surface area is 310 Å². The van der Waals surface area contributed by atoms with E-state index in [1.54, 1.807) is 0 Å². The largest absolute Gasteiger partial charge is 0.116 e. The zero-order chi connectivity index (χ0) is 36.6. The quantitative estimate of drug-likeness (QED) is 0.130. The fourth-order valence-corrected chi connectivity index (χ4v) is 5.99. The maximum Gasteiger partial charge on any atom is 0.0249 e. The first-order valence-electron chi connectivity index (χ1n) is 17.8. The summed E-state index contributed by atoms with van der Waals surface area (Å²) in [5, 5.41) is 2.41. The van der Waals surface area contributed by atoms with Gasteiger partial charge in [-0.05, 0) is 117 Å². The number of benzene rings is 6. The molecule has 0 amide bonds. The van der Waals surface area contributed by atoms with E-state index in [0.29, 0.717) is 0 Å². The molecule has 6 aromatic rings. The van der Waals surface area contributed by atoms with Crippen molar-refractivity contribution in [3.8, 4) is 23.7 Å². The first-order chi connectivity index (χ1) is 25.0. The van der Waals surface area contributed by atoms with Gasteiger partial charge in [0.05, 0.1) is 0 Å². The van der Waals surface area contributed by atoms with Gasteiger partial charge < -0.3 is 0 Å². The lowest BCUT2D eigenvalue weighted by Gasteiger charge is -2.23. The summed E-state index contributed by atoms with van der Waals surface area (Å²) in [5.74, 6) is 13.0. The SMILES string of the molecule is CC(C)(C)C(=C=Cc1ccc(C#Cc2ccccc2)cc1)c1ccc2ccc(C(=C=Cc3ccc(C#Cc4ccccc4)cc3)C(C)(C)C)cc2c1. The normalized spacial score (nSPS) is 10.8. The third-order valence-electron chi connectivity index (χ3n) is 8.76. The Morgan fingerprint density at radius 1 is 0.385 bits per heavy atom. The van der Waals surface area contributed by atoms with Crippen LogP contribution in [-0.2, 0) is 0 Å². The second-order valence-electron chi connectivity index (χ2n) is 15.1. The highest BCUT2D eigenvalue weighted by Gasteiger charge is 2.21. The summed E-state index contributed by atoms with van der Waals surface area (Å²) in [6, 6.07) is 50.4. The van der Waals surface area contributed by atoms with Gasteiger partial charge in [0, 0.05) is 33.4 Å². The second-order valence-corrected chi connectivity index (χ2v) is 15.1. The molecule has 0 N–H and O–H groups in total. The summed E-state index contributed by atoms with van der Waals surface area (Å²) < 4.78 is 0. The third-order valence-corrected chi connectivity index (χ3v) is 8.76. The molecule has 0 spiro atoms. The summed E-state index contributed by atoms with van der Waals surface area (Å²) in [5.41, 5.74) is 18.0. The van der Waals surface area contributed by atoms with Crippen molar-refractivity contribution in [2.75, 3.05) is 0 Å². The maximum absolute atomic E-state index is 3.68. The van der Waals surface area contributed by atoms with E-state index in [4.69, 9.17) is 0 Å². The summed E-state index contributed by atoms with van der Waals surface area (Å²) in [7, 11) is 0. The zero-order valence-electron chi connectivity index (χ0n) is 31.0. The van der Waals surface area contributed by atoms with Crippen molar-refractivity contribution < 1.29 is 0 Å². The molecule has 0 bridgehead atoms. The van der Waals surface area contributed by atoms with Gasteiger partial charge in [-0.3, -0.25) is 0 Å². The van der Waals surface area contributed by atoms with Gasteiger partial charge in [-0.25, -0.2) is 0 Å². The van der Waals surface area contributed by atoms with E-state index in [0.717, 1.165) is 44.5 Å². The highest BCUT2D eigenvalue weighted by molar-refractivity contribution is 5.90. The molecular formula is C52H44. The van der Waals surface area contributed by atoms with E-state index in [9.17, 15) is 0 Å². The van der Waals surface area contributed by atoms with E-state index in [2.05, 4.69) is 174 Å². The Kier molecular flexibility index (Phi) is 10.8. The molecule has 252 valence electrons. The third kappa shape index (κ3) is 9.49. The molecule has 0 unspecified atom stereocenters. The molecule has 0 aliphatic rings. The number of fused-ring (bicyclic) bond motifs is 1. The molecule has 0 radical (unpaired) electrons. The molecule has 0 aromatic heterocycles. The van der Waals surface area contributed by atoms with Crippen LogP contribution in [0.25, 0.3) is 34.1 Å². The van der Waals surface area contributed by atoms with Gasteiger partial charge in [-0.2, -0.15) is 0 Å². The predicted octanol–water partition coefficient (Wildman–Crippen LogP) is 13.1. The van der Waals surface area contributed by atoms with E-state index >= 15 is 0 Å². The first kappa shape index (κ1) is 35.6. The van der Waals surface area contributed by atoms with Gasteiger partial charge in [0.25, 0.3) is 0 Å². The molecular weight excluding hydrogens is 625 g/mol. The van der Waals surface area contributed by atoms with Crippen molar-refractivity contribution in [1.29, 1.82) is 0 Å². The van der Waals surface area contributed by atoms with Crippen LogP contribution in [0.3, 0.4) is 0 Å². The number of hydrogen-bond acceptors (Lipinski definition) is 0. The Balaban J connectivity index is 1.29. The molecule has 0 fully saturated rings. The van der Waals surface area contributed by atoms with Crippen molar-refractivity contribution in [1.82, 2.24) is 0 Å². The van der Waals surface area contributed by atoms with Crippen LogP contribution in [0.15, 0.2) is 157 Å². The predicted molar refractivity (Wildman–Crippen MR) is 223 cm³/mol. The van der Waals surface area contributed by atoms with Crippen molar-refractivity contribution in [3.05, 3.63) is 202 Å². The van der Waals surface area contributed by atoms with Crippen molar-refractivity contribution in [3.63, 3.8) is 0 Å². The topological polar surface area (TPSA) is 0 Å². The van der Waals surface area contributed by atoms with Gasteiger partial charge in [-0.1, -0.05) is 150 Å². The Bertz CT molecular complexity index is 2260. The smallest absolute Gasteiger partial charge is 0.0249 e. The van der Waals surface area contributed by atoms with Gasteiger partial charge in [0.15, 0.2) is 0 Å². The van der Waals surface area contributed by atoms with E-state index in [1.165, 1.54) is 21.9 Å². The molecule has 52 heavy (non-hydrogen) atoms. The van der Waals surface area contributed by atoms with Gasteiger partial charge in [0.2, 0.25) is 0 Å². The highest BCUT2D eigenvalue weighted by atomic mass is 14.2. The van der Waals surface area contributed by atoms with Crippen LogP contribution in [0.2, 0.25) is 0 Å². The lowest BCUT2D eigenvalue weighted by Crippen LogP contribution is -2.08. The summed E-state index contributed by atoms with van der Waals surface area (Å²) >= 11 is 0. The lowest BCUT2D eigenvalue weighted by molar-refractivity contribution is 0.567. The summed E-state index contributed by atoms with van der Waals surface area (Å²) in [6.45, 7) is 13.5. The molecule has 6 aromatic carbocycles. The van der Waals surface area contributed by atoms with Crippen molar-refractivity contribution >= 4 is 34.1 Å². The van der Waals surface area contributed by atoms with Crippen molar-refractivity contribution in [2.45, 2.75) is 41.5 Å². The maximum atomic E-state index is 3.68. The van der Waals surface area contributed by atoms with Crippen LogP contribution < -0.4 is 0 Å². The summed E-state index contributed by atoms with van der Waals surface area (Å²) in [4.78, 5) is 0. The minimum Gasteiger partial charge on any atom is -0.116 e. The molecule has 0 atom stereocenters. The van der Waals surface area contributed by atoms with Crippen LogP contribution in [-0.4, -0.2) is 0 Å². The lowest BCUT2D eigenvalue weighted by atomic mass is 9.80. The van der Waals surface area contributed by atoms with E-state index < -0.39 is 0 Å². The zero-order valence-corrected chi connectivity index (χ0v) is 31.0. The molecule has 0 heterocycles. The van der Waals surface area contributed by atoms with Gasteiger partial charge in [-0.15, -0.1) is 11.5 Å². The Morgan fingerprint density at radius 2 is 0.731 bits per heavy atom. The molecule has 0 aliphatic heterocycles. The van der Waals surface area contributed by atoms with Gasteiger partial charge in [0.1, 0.15) is 0 Å². The van der Waals surface area contributed by atoms with Crippen LogP contribution in [0, 0.1) is 34.5 Å². The second kappa shape index (κ2) is 15.7. The van der Waals surface area contributed by atoms with Gasteiger partial charge >= 0.3 is 0 Å². The van der Waals surface area contributed by atoms with E-state index in [-0.39, 0.29) is 10.8 Å². The summed E-state index contributed by atoms with van der Waals surface area (Å²) in [6.07, 6.45) is 4.17. The highest BCUT2D eigenvalue weighted by Crippen LogP contribution is 2.37. The first-order valence-corrected chi connectivity index (χ1v) is 17.8. The number of allylic oxidation sites excluding steroid dienone is 2. The molecule has 6 rings (SSSR count). The van der Waals surface area contributed by atoms with Crippen LogP contribution in [0.5, 0.6) is 0 Å². The molecule has 0 heteroatoms. The van der Waals surface area contributed by atoms with Crippen molar-refractivity contribution in [2.24, 2.45) is 10.8 Å². The molecule has 0 nitrogen and oxygen atoms in total. The van der Waals surface area contributed by atoms with Crippen LogP contribution in [0.4, 0.5) is 0 Å². The average Bonchev–Trinajstić information content (AvgIpc) is 3.14. The fourth-order valence-electron chi connectivity index (χ4n) is 5.99. The Hall–Kier alpha value is -6.26. The Morgan fingerprint density at radius 3 is 1.08 bits per heavy atom. The monoisotopic (exact) mass is 668 g/mol. The standard InChI is InChI=1S/C52H44/c1-51(2,3)49(35-29-43-25-21-41(22-26-43)19-17-39-13-9-7-10-14-39)46-33-31-45-32-34-47(38-48(45)37-46)50(52(4,5)6)36-30-44-27-23-42(24-28-44)20-18-40-15-11-8-12-16-40/h7-16,21-34,37-38H,1-6H3. The fraction of sp³-hybridized carbons (Fsp3) is 0.154. The number of rotatable bonds is 4.